The molecule has 0 fully saturated rings. The highest BCUT2D eigenvalue weighted by Gasteiger charge is 2.31. The van der Waals surface area contributed by atoms with Crippen LogP contribution in [-0.2, 0) is 22.4 Å². The van der Waals surface area contributed by atoms with Crippen LogP contribution in [-0.4, -0.2) is 45.3 Å². The Balaban J connectivity index is 1.99. The Morgan fingerprint density at radius 1 is 0.710 bits per heavy atom. The van der Waals surface area contributed by atoms with E-state index in [1.54, 1.807) is 27.7 Å². The summed E-state index contributed by atoms with van der Waals surface area (Å²) in [6, 6.07) is 18.0. The summed E-state index contributed by atoms with van der Waals surface area (Å²) in [4.78, 5) is 25.1. The predicted molar refractivity (Wildman–Crippen MR) is 121 cm³/mol. The van der Waals surface area contributed by atoms with Crippen LogP contribution >= 0.6 is 0 Å². The molecule has 2 atom stereocenters. The zero-order chi connectivity index (χ0) is 23.1. The maximum Gasteiger partial charge on any atom is 0.229 e. The van der Waals surface area contributed by atoms with E-state index >= 15 is 0 Å². The summed E-state index contributed by atoms with van der Waals surface area (Å²) < 4.78 is 0. The molecule has 0 saturated carbocycles. The fourth-order valence-electron chi connectivity index (χ4n) is 3.29. The molecule has 168 valence electrons. The van der Waals surface area contributed by atoms with E-state index in [1.807, 2.05) is 60.7 Å². The van der Waals surface area contributed by atoms with Gasteiger partial charge >= 0.3 is 0 Å². The third kappa shape index (κ3) is 8.52. The monoisotopic (exact) mass is 426 g/mol. The first-order valence-electron chi connectivity index (χ1n) is 10.6. The van der Waals surface area contributed by atoms with E-state index < -0.39 is 35.1 Å². The largest absolute Gasteiger partial charge is 0.388 e. The summed E-state index contributed by atoms with van der Waals surface area (Å²) in [5.41, 5.74) is -0.371. The smallest absolute Gasteiger partial charge is 0.229 e. The fourth-order valence-corrected chi connectivity index (χ4v) is 3.29. The van der Waals surface area contributed by atoms with Crippen LogP contribution in [0.4, 0.5) is 0 Å². The van der Waals surface area contributed by atoms with E-state index in [0.29, 0.717) is 12.8 Å². The summed E-state index contributed by atoms with van der Waals surface area (Å²) in [5, 5.41) is 26.6. The Morgan fingerprint density at radius 3 is 1.32 bits per heavy atom. The average molecular weight is 427 g/mol. The van der Waals surface area contributed by atoms with E-state index in [9.17, 15) is 19.8 Å². The molecule has 2 aromatic carbocycles. The normalized spacial score (nSPS) is 13.9. The van der Waals surface area contributed by atoms with Gasteiger partial charge in [-0.3, -0.25) is 9.59 Å². The number of hydrogen-bond acceptors (Lipinski definition) is 4. The molecule has 0 bridgehead atoms. The van der Waals surface area contributed by atoms with E-state index in [0.717, 1.165) is 11.1 Å². The number of nitrogens with one attached hydrogen (secondary N) is 2. The molecule has 0 aromatic heterocycles. The van der Waals surface area contributed by atoms with Crippen LogP contribution in [0.25, 0.3) is 0 Å². The number of hydrogen-bond donors (Lipinski definition) is 4. The van der Waals surface area contributed by atoms with Crippen LogP contribution in [0.2, 0.25) is 0 Å². The minimum absolute atomic E-state index is 0.386. The number of benzene rings is 2. The molecule has 6 heteroatoms. The summed E-state index contributed by atoms with van der Waals surface area (Å²) >= 11 is 0. The van der Waals surface area contributed by atoms with Gasteiger partial charge in [-0.1, -0.05) is 60.7 Å². The molecule has 0 aliphatic heterocycles. The molecule has 0 heterocycles. The lowest BCUT2D eigenvalue weighted by Gasteiger charge is -2.31. The molecule has 2 aromatic rings. The van der Waals surface area contributed by atoms with Gasteiger partial charge in [-0.15, -0.1) is 0 Å². The van der Waals surface area contributed by atoms with Crippen LogP contribution in [0.1, 0.15) is 45.2 Å². The van der Waals surface area contributed by atoms with Crippen LogP contribution in [0.15, 0.2) is 60.7 Å². The second-order valence-corrected chi connectivity index (χ2v) is 9.10. The molecular weight excluding hydrogens is 392 g/mol. The van der Waals surface area contributed by atoms with Gasteiger partial charge in [0.1, 0.15) is 6.42 Å². The summed E-state index contributed by atoms with van der Waals surface area (Å²) in [7, 11) is 0. The summed E-state index contributed by atoms with van der Waals surface area (Å²) in [5.74, 6) is -0.954. The third-order valence-corrected chi connectivity index (χ3v) is 5.26. The van der Waals surface area contributed by atoms with Crippen LogP contribution in [0, 0.1) is 0 Å². The molecule has 0 saturated heterocycles. The zero-order valence-corrected chi connectivity index (χ0v) is 18.8. The number of carbonyl (C=O) groups is 2. The molecule has 0 spiro atoms. The van der Waals surface area contributed by atoms with E-state index in [2.05, 4.69) is 10.6 Å². The molecule has 6 nitrogen and oxygen atoms in total. The van der Waals surface area contributed by atoms with Crippen molar-refractivity contribution >= 4 is 11.8 Å². The number of amides is 2. The van der Waals surface area contributed by atoms with Gasteiger partial charge in [-0.05, 0) is 51.7 Å². The maximum absolute atomic E-state index is 12.5. The number of rotatable bonds is 10. The molecule has 0 aliphatic carbocycles. The first-order valence-corrected chi connectivity index (χ1v) is 10.6. The van der Waals surface area contributed by atoms with Gasteiger partial charge in [0.25, 0.3) is 0 Å². The van der Waals surface area contributed by atoms with Gasteiger partial charge in [0.2, 0.25) is 11.8 Å². The Bertz CT molecular complexity index is 768. The topological polar surface area (TPSA) is 98.7 Å². The number of carbonyl (C=O) groups excluding carboxylic acids is 2. The fraction of sp³-hybridized carbons (Fsp3) is 0.440. The first-order chi connectivity index (χ1) is 14.4. The average Bonchev–Trinajstić information content (AvgIpc) is 2.67. The molecule has 2 rings (SSSR count). The van der Waals surface area contributed by atoms with Gasteiger partial charge in [0.15, 0.2) is 0 Å². The minimum atomic E-state index is -1.16. The highest BCUT2D eigenvalue weighted by Crippen LogP contribution is 2.16. The van der Waals surface area contributed by atoms with Crippen molar-refractivity contribution in [1.29, 1.82) is 0 Å². The zero-order valence-electron chi connectivity index (χ0n) is 18.8. The van der Waals surface area contributed by atoms with Crippen molar-refractivity contribution in [2.75, 3.05) is 0 Å². The molecule has 31 heavy (non-hydrogen) atoms. The van der Waals surface area contributed by atoms with Crippen molar-refractivity contribution in [2.45, 2.75) is 70.2 Å². The Morgan fingerprint density at radius 2 is 1.03 bits per heavy atom. The van der Waals surface area contributed by atoms with E-state index in [4.69, 9.17) is 0 Å². The summed E-state index contributed by atoms with van der Waals surface area (Å²) in [6.45, 7) is 6.52. The number of aliphatic hydroxyl groups is 2. The van der Waals surface area contributed by atoms with E-state index in [-0.39, 0.29) is 6.42 Å². The first kappa shape index (κ1) is 24.6. The Kier molecular flexibility index (Phi) is 8.36. The lowest BCUT2D eigenvalue weighted by atomic mass is 9.92. The standard InChI is InChI=1S/C25H34N2O4/c1-24(2,30)20(15-18-11-7-5-8-12-18)26-22(28)17-23(29)27-21(25(3,4)31)16-19-13-9-6-10-14-19/h5-14,20-21,30-31H,15-17H2,1-4H3,(H,26,28)(H,27,29)/t20-,21-/m1/s1. The molecule has 4 N–H and O–H groups in total. The van der Waals surface area contributed by atoms with Gasteiger partial charge in [0.05, 0.1) is 23.3 Å². The van der Waals surface area contributed by atoms with Gasteiger partial charge < -0.3 is 20.8 Å². The van der Waals surface area contributed by atoms with Crippen LogP contribution in [0.3, 0.4) is 0 Å². The quantitative estimate of drug-likeness (QED) is 0.439. The van der Waals surface area contributed by atoms with Gasteiger partial charge in [-0.2, -0.15) is 0 Å². The molecule has 0 radical (unpaired) electrons. The Labute approximate surface area is 184 Å². The Hall–Kier alpha value is -2.70. The maximum atomic E-state index is 12.5. The lowest BCUT2D eigenvalue weighted by Crippen LogP contribution is -2.53. The lowest BCUT2D eigenvalue weighted by molar-refractivity contribution is -0.132. The van der Waals surface area contributed by atoms with Crippen molar-refractivity contribution in [3.63, 3.8) is 0 Å². The van der Waals surface area contributed by atoms with E-state index in [1.165, 1.54) is 0 Å². The molecule has 2 amide bonds. The molecule has 0 unspecified atom stereocenters. The van der Waals surface area contributed by atoms with Gasteiger partial charge in [0, 0.05) is 0 Å². The molecule has 0 aliphatic rings. The van der Waals surface area contributed by atoms with Crippen LogP contribution < -0.4 is 10.6 Å². The van der Waals surface area contributed by atoms with Crippen LogP contribution in [0.5, 0.6) is 0 Å². The summed E-state index contributed by atoms with van der Waals surface area (Å²) in [6.07, 6.45) is 0.499. The van der Waals surface area contributed by atoms with Gasteiger partial charge in [-0.25, -0.2) is 0 Å². The van der Waals surface area contributed by atoms with Crippen molar-refractivity contribution < 1.29 is 19.8 Å². The van der Waals surface area contributed by atoms with Crippen molar-refractivity contribution in [2.24, 2.45) is 0 Å². The van der Waals surface area contributed by atoms with Crippen molar-refractivity contribution in [3.05, 3.63) is 71.8 Å². The highest BCUT2D eigenvalue weighted by atomic mass is 16.3. The SMILES string of the molecule is CC(C)(O)[C@@H](Cc1ccccc1)NC(=O)CC(=O)N[C@H](Cc1ccccc1)C(C)(C)O. The molecular formula is C25H34N2O4. The minimum Gasteiger partial charge on any atom is -0.388 e. The second-order valence-electron chi connectivity index (χ2n) is 9.10. The van der Waals surface area contributed by atoms with Crippen molar-refractivity contribution in [3.8, 4) is 0 Å². The third-order valence-electron chi connectivity index (χ3n) is 5.26. The predicted octanol–water partition coefficient (Wildman–Crippen LogP) is 2.37. The highest BCUT2D eigenvalue weighted by molar-refractivity contribution is 5.97. The van der Waals surface area contributed by atoms with Crippen molar-refractivity contribution in [1.82, 2.24) is 10.6 Å². The second kappa shape index (κ2) is 10.6.